The Bertz CT molecular complexity index is 1360. The highest BCUT2D eigenvalue weighted by atomic mass is 35.5. The smallest absolute Gasteiger partial charge is 0.220 e. The summed E-state index contributed by atoms with van der Waals surface area (Å²) >= 11 is 13.5. The molecule has 1 atom stereocenters. The largest absolute Gasteiger partial charge is 0.493 e. The van der Waals surface area contributed by atoms with Gasteiger partial charge in [-0.1, -0.05) is 59.2 Å². The lowest BCUT2D eigenvalue weighted by atomic mass is 10.1. The first kappa shape index (κ1) is 25.8. The van der Waals surface area contributed by atoms with E-state index in [-0.39, 0.29) is 18.1 Å². The van der Waals surface area contributed by atoms with E-state index in [9.17, 15) is 10.1 Å². The SMILES string of the molecule is COc1cc([C@@H](C[N+](=O)[O-])Sc2nnc(C)n2-c2ccc(Cl)cc2)ccc1OCc1ccccc1Cl. The monoisotopic (exact) mass is 544 g/mol. The lowest BCUT2D eigenvalue weighted by Gasteiger charge is -2.17. The molecule has 0 amide bonds. The highest BCUT2D eigenvalue weighted by Gasteiger charge is 2.25. The molecular weight excluding hydrogens is 523 g/mol. The number of ether oxygens (including phenoxy) is 2. The van der Waals surface area contributed by atoms with Gasteiger partial charge in [-0.15, -0.1) is 10.2 Å². The summed E-state index contributed by atoms with van der Waals surface area (Å²) in [5, 5.41) is 21.2. The van der Waals surface area contributed by atoms with Crippen molar-refractivity contribution in [1.82, 2.24) is 14.8 Å². The molecule has 0 aliphatic carbocycles. The van der Waals surface area contributed by atoms with E-state index in [1.54, 1.807) is 36.4 Å². The van der Waals surface area contributed by atoms with Gasteiger partial charge >= 0.3 is 0 Å². The fraction of sp³-hybridized carbons (Fsp3) is 0.200. The average molecular weight is 545 g/mol. The predicted octanol–water partition coefficient (Wildman–Crippen LogP) is 6.58. The number of methoxy groups -OCH3 is 1. The second kappa shape index (κ2) is 11.6. The van der Waals surface area contributed by atoms with Crippen molar-refractivity contribution in [3.05, 3.63) is 104 Å². The molecule has 8 nitrogen and oxygen atoms in total. The molecule has 0 N–H and O–H groups in total. The third-order valence-electron chi connectivity index (χ3n) is 5.34. The third-order valence-corrected chi connectivity index (χ3v) is 7.14. The molecular formula is C25H22Cl2N4O4S. The minimum Gasteiger partial charge on any atom is -0.493 e. The van der Waals surface area contributed by atoms with Gasteiger partial charge in [0, 0.05) is 26.2 Å². The fourth-order valence-corrected chi connectivity index (χ4v) is 5.04. The molecule has 0 bridgehead atoms. The number of thioether (sulfide) groups is 1. The number of nitro groups is 1. The number of benzene rings is 3. The maximum absolute atomic E-state index is 11.5. The lowest BCUT2D eigenvalue weighted by Crippen LogP contribution is -2.11. The molecule has 0 unspecified atom stereocenters. The van der Waals surface area contributed by atoms with Gasteiger partial charge in [0.25, 0.3) is 0 Å². The van der Waals surface area contributed by atoms with Gasteiger partial charge in [0.15, 0.2) is 16.7 Å². The Hall–Kier alpha value is -3.27. The van der Waals surface area contributed by atoms with E-state index in [4.69, 9.17) is 32.7 Å². The van der Waals surface area contributed by atoms with Gasteiger partial charge in [-0.2, -0.15) is 0 Å². The molecule has 36 heavy (non-hydrogen) atoms. The molecule has 4 aromatic rings. The van der Waals surface area contributed by atoms with E-state index >= 15 is 0 Å². The first-order valence-corrected chi connectivity index (χ1v) is 12.5. The molecule has 1 aromatic heterocycles. The zero-order valence-electron chi connectivity index (χ0n) is 19.4. The number of hydrogen-bond acceptors (Lipinski definition) is 7. The van der Waals surface area contributed by atoms with Crippen LogP contribution in [0, 0.1) is 17.0 Å². The van der Waals surface area contributed by atoms with E-state index in [1.807, 2.05) is 41.8 Å². The van der Waals surface area contributed by atoms with E-state index in [0.717, 1.165) is 11.3 Å². The second-order valence-electron chi connectivity index (χ2n) is 7.75. The zero-order valence-corrected chi connectivity index (χ0v) is 21.8. The highest BCUT2D eigenvalue weighted by molar-refractivity contribution is 7.99. The van der Waals surface area contributed by atoms with Crippen LogP contribution in [0.25, 0.3) is 5.69 Å². The summed E-state index contributed by atoms with van der Waals surface area (Å²) in [7, 11) is 1.53. The number of halogens is 2. The zero-order chi connectivity index (χ0) is 25.7. The number of aryl methyl sites for hydroxylation is 1. The van der Waals surface area contributed by atoms with E-state index < -0.39 is 5.25 Å². The van der Waals surface area contributed by atoms with Crippen molar-refractivity contribution in [2.45, 2.75) is 23.9 Å². The van der Waals surface area contributed by atoms with Crippen LogP contribution in [0.3, 0.4) is 0 Å². The Morgan fingerprint density at radius 3 is 2.50 bits per heavy atom. The third kappa shape index (κ3) is 6.10. The Balaban J connectivity index is 1.61. The van der Waals surface area contributed by atoms with Crippen LogP contribution in [0.15, 0.2) is 71.9 Å². The second-order valence-corrected chi connectivity index (χ2v) is 9.77. The van der Waals surface area contributed by atoms with Crippen molar-refractivity contribution in [2.75, 3.05) is 13.7 Å². The van der Waals surface area contributed by atoms with Crippen LogP contribution >= 0.6 is 35.0 Å². The minimum atomic E-state index is -0.554. The molecule has 1 heterocycles. The summed E-state index contributed by atoms with van der Waals surface area (Å²) < 4.78 is 13.3. The van der Waals surface area contributed by atoms with Crippen LogP contribution < -0.4 is 9.47 Å². The van der Waals surface area contributed by atoms with Gasteiger partial charge in [-0.05, 0) is 55.0 Å². The van der Waals surface area contributed by atoms with Crippen LogP contribution in [-0.4, -0.2) is 33.3 Å². The number of hydrogen-bond donors (Lipinski definition) is 0. The van der Waals surface area contributed by atoms with Crippen molar-refractivity contribution in [1.29, 1.82) is 0 Å². The Morgan fingerprint density at radius 2 is 1.81 bits per heavy atom. The molecule has 0 fully saturated rings. The summed E-state index contributed by atoms with van der Waals surface area (Å²) in [5.41, 5.74) is 2.34. The number of nitrogens with zero attached hydrogens (tertiary/aromatic N) is 4. The van der Waals surface area contributed by atoms with Crippen molar-refractivity contribution in [3.63, 3.8) is 0 Å². The molecule has 4 rings (SSSR count). The lowest BCUT2D eigenvalue weighted by molar-refractivity contribution is -0.479. The van der Waals surface area contributed by atoms with Gasteiger partial charge in [-0.25, -0.2) is 0 Å². The maximum atomic E-state index is 11.5. The molecule has 0 aliphatic heterocycles. The van der Waals surface area contributed by atoms with E-state index in [0.29, 0.717) is 38.1 Å². The molecule has 11 heteroatoms. The number of rotatable bonds is 10. The van der Waals surface area contributed by atoms with Gasteiger partial charge < -0.3 is 9.47 Å². The van der Waals surface area contributed by atoms with Crippen LogP contribution in [0.4, 0.5) is 0 Å². The molecule has 0 radical (unpaired) electrons. The van der Waals surface area contributed by atoms with Crippen LogP contribution in [-0.2, 0) is 6.61 Å². The number of aromatic nitrogens is 3. The summed E-state index contributed by atoms with van der Waals surface area (Å²) in [6.07, 6.45) is 0. The van der Waals surface area contributed by atoms with Crippen LogP contribution in [0.1, 0.15) is 22.2 Å². The molecule has 3 aromatic carbocycles. The summed E-state index contributed by atoms with van der Waals surface area (Å²) in [4.78, 5) is 11.2. The summed E-state index contributed by atoms with van der Waals surface area (Å²) in [6.45, 7) is 1.76. The predicted molar refractivity (Wildman–Crippen MR) is 140 cm³/mol. The Morgan fingerprint density at radius 1 is 1.06 bits per heavy atom. The van der Waals surface area contributed by atoms with Gasteiger partial charge in [0.2, 0.25) is 6.54 Å². The molecule has 186 valence electrons. The molecule has 0 saturated heterocycles. The maximum Gasteiger partial charge on any atom is 0.220 e. The van der Waals surface area contributed by atoms with Crippen molar-refractivity contribution < 1.29 is 14.4 Å². The molecule has 0 saturated carbocycles. The Kier molecular flexibility index (Phi) is 8.35. The van der Waals surface area contributed by atoms with Crippen molar-refractivity contribution in [2.24, 2.45) is 0 Å². The first-order valence-electron chi connectivity index (χ1n) is 10.9. The van der Waals surface area contributed by atoms with Crippen LogP contribution in [0.5, 0.6) is 11.5 Å². The van der Waals surface area contributed by atoms with Gasteiger partial charge in [0.05, 0.1) is 7.11 Å². The van der Waals surface area contributed by atoms with E-state index in [2.05, 4.69) is 10.2 Å². The fourth-order valence-electron chi connectivity index (χ4n) is 3.55. The summed E-state index contributed by atoms with van der Waals surface area (Å²) in [5.74, 6) is 1.62. The van der Waals surface area contributed by atoms with Crippen molar-refractivity contribution in [3.8, 4) is 17.2 Å². The molecule has 0 spiro atoms. The van der Waals surface area contributed by atoms with Gasteiger partial charge in [-0.3, -0.25) is 14.7 Å². The van der Waals surface area contributed by atoms with Crippen molar-refractivity contribution >= 4 is 35.0 Å². The normalized spacial score (nSPS) is 11.8. The quantitative estimate of drug-likeness (QED) is 0.126. The Labute approximate surface area is 222 Å². The van der Waals surface area contributed by atoms with E-state index in [1.165, 1.54) is 18.9 Å². The highest BCUT2D eigenvalue weighted by Crippen LogP contribution is 2.39. The minimum absolute atomic E-state index is 0.256. The summed E-state index contributed by atoms with van der Waals surface area (Å²) in [6, 6.07) is 19.9. The average Bonchev–Trinajstić information content (AvgIpc) is 3.23. The topological polar surface area (TPSA) is 92.3 Å². The first-order chi connectivity index (χ1) is 17.4. The van der Waals surface area contributed by atoms with Crippen LogP contribution in [0.2, 0.25) is 10.0 Å². The molecule has 0 aliphatic rings. The standard InChI is InChI=1S/C25H22Cl2N4O4S/c1-16-28-29-25(31(16)20-10-8-19(26)9-11-20)36-24(14-30(32)33)17-7-12-22(23(13-17)34-2)35-15-18-5-3-4-6-21(18)27/h3-13,24H,14-15H2,1-2H3/t24-/m1/s1. The van der Waals surface area contributed by atoms with Gasteiger partial charge in [0.1, 0.15) is 17.7 Å².